The van der Waals surface area contributed by atoms with Crippen molar-refractivity contribution in [3.8, 4) is 5.75 Å². The summed E-state index contributed by atoms with van der Waals surface area (Å²) in [5, 5.41) is 29.6. The minimum absolute atomic E-state index is 0.0444. The summed E-state index contributed by atoms with van der Waals surface area (Å²) in [6.45, 7) is 7.37. The van der Waals surface area contributed by atoms with Gasteiger partial charge in [-0.05, 0) is 42.2 Å². The van der Waals surface area contributed by atoms with Crippen LogP contribution in [0, 0.1) is 17.0 Å². The predicted octanol–water partition coefficient (Wildman–Crippen LogP) is 5.98. The summed E-state index contributed by atoms with van der Waals surface area (Å²) in [6.07, 6.45) is 0. The van der Waals surface area contributed by atoms with Gasteiger partial charge in [-0.1, -0.05) is 38.4 Å². The molecule has 0 atom stereocenters. The number of phenols is 1. The second-order valence-electron chi connectivity index (χ2n) is 6.49. The number of nitro benzene ring substituents is 1. The van der Waals surface area contributed by atoms with E-state index in [9.17, 15) is 15.2 Å². The quantitative estimate of drug-likeness (QED) is 0.421. The third kappa shape index (κ3) is 3.71. The number of nitro groups is 1. The second kappa shape index (κ2) is 6.57. The highest BCUT2D eigenvalue weighted by molar-refractivity contribution is 6.32. The highest BCUT2D eigenvalue weighted by atomic mass is 35.5. The fourth-order valence-corrected chi connectivity index (χ4v) is 2.79. The minimum Gasteiger partial charge on any atom is -0.506 e. The van der Waals surface area contributed by atoms with Crippen molar-refractivity contribution in [1.29, 1.82) is 0 Å². The van der Waals surface area contributed by atoms with Crippen LogP contribution in [0.25, 0.3) is 0 Å². The molecule has 0 aromatic heterocycles. The molecule has 0 unspecified atom stereocenters. The lowest BCUT2D eigenvalue weighted by molar-refractivity contribution is -0.385. The van der Waals surface area contributed by atoms with Crippen molar-refractivity contribution in [2.75, 3.05) is 0 Å². The number of hydrogen-bond donors (Lipinski definition) is 1. The standard InChI is InChI=1S/C17H18ClN3O3/c1-10-5-8-14(22)13(9-10)20-19-12-7-6-11(18)15(17(2,3)4)16(12)21(23)24/h5-9,22H,1-4H3. The molecule has 0 bridgehead atoms. The third-order valence-electron chi connectivity index (χ3n) is 3.43. The van der Waals surface area contributed by atoms with Crippen molar-refractivity contribution in [3.05, 3.63) is 56.6 Å². The van der Waals surface area contributed by atoms with Crippen LogP contribution in [-0.4, -0.2) is 10.0 Å². The molecule has 7 heteroatoms. The summed E-state index contributed by atoms with van der Waals surface area (Å²) in [5.74, 6) is -0.0444. The molecule has 6 nitrogen and oxygen atoms in total. The van der Waals surface area contributed by atoms with Gasteiger partial charge < -0.3 is 5.11 Å². The Bertz CT molecular complexity index is 827. The van der Waals surface area contributed by atoms with E-state index in [0.29, 0.717) is 10.6 Å². The van der Waals surface area contributed by atoms with Gasteiger partial charge in [-0.2, -0.15) is 0 Å². The number of azo groups is 1. The van der Waals surface area contributed by atoms with Crippen LogP contribution < -0.4 is 0 Å². The molecular formula is C17H18ClN3O3. The molecule has 1 N–H and O–H groups in total. The van der Waals surface area contributed by atoms with Crippen molar-refractivity contribution < 1.29 is 10.0 Å². The summed E-state index contributed by atoms with van der Waals surface area (Å²) in [4.78, 5) is 11.1. The van der Waals surface area contributed by atoms with Gasteiger partial charge in [0.2, 0.25) is 0 Å². The summed E-state index contributed by atoms with van der Waals surface area (Å²) in [7, 11) is 0. The monoisotopic (exact) mass is 347 g/mol. The summed E-state index contributed by atoms with van der Waals surface area (Å²) in [6, 6.07) is 7.90. The number of nitrogens with zero attached hydrogens (tertiary/aromatic N) is 3. The highest BCUT2D eigenvalue weighted by Gasteiger charge is 2.31. The lowest BCUT2D eigenvalue weighted by Crippen LogP contribution is -2.14. The Morgan fingerprint density at radius 3 is 2.33 bits per heavy atom. The number of hydrogen-bond acceptors (Lipinski definition) is 5. The van der Waals surface area contributed by atoms with E-state index in [1.165, 1.54) is 12.1 Å². The predicted molar refractivity (Wildman–Crippen MR) is 93.8 cm³/mol. The molecular weight excluding hydrogens is 330 g/mol. The van der Waals surface area contributed by atoms with Gasteiger partial charge in [-0.25, -0.2) is 0 Å². The van der Waals surface area contributed by atoms with E-state index in [-0.39, 0.29) is 22.8 Å². The molecule has 0 heterocycles. The average molecular weight is 348 g/mol. The molecule has 0 aliphatic heterocycles. The fraction of sp³-hybridized carbons (Fsp3) is 0.294. The van der Waals surface area contributed by atoms with Gasteiger partial charge in [0, 0.05) is 0 Å². The lowest BCUT2D eigenvalue weighted by atomic mass is 9.85. The summed E-state index contributed by atoms with van der Waals surface area (Å²) < 4.78 is 0. The van der Waals surface area contributed by atoms with Crippen LogP contribution in [0.5, 0.6) is 5.75 Å². The van der Waals surface area contributed by atoms with E-state index in [4.69, 9.17) is 11.6 Å². The summed E-state index contributed by atoms with van der Waals surface area (Å²) >= 11 is 6.18. The first-order chi connectivity index (χ1) is 11.1. The van der Waals surface area contributed by atoms with Gasteiger partial charge in [0.05, 0.1) is 15.5 Å². The van der Waals surface area contributed by atoms with Crippen LogP contribution in [0.15, 0.2) is 40.6 Å². The van der Waals surface area contributed by atoms with Crippen molar-refractivity contribution in [2.45, 2.75) is 33.1 Å². The van der Waals surface area contributed by atoms with Crippen LogP contribution in [-0.2, 0) is 5.41 Å². The van der Waals surface area contributed by atoms with E-state index in [2.05, 4.69) is 10.2 Å². The molecule has 0 fully saturated rings. The fourth-order valence-electron chi connectivity index (χ4n) is 2.36. The molecule has 0 aliphatic carbocycles. The second-order valence-corrected chi connectivity index (χ2v) is 6.90. The maximum absolute atomic E-state index is 11.6. The van der Waals surface area contributed by atoms with Gasteiger partial charge >= 0.3 is 5.69 Å². The van der Waals surface area contributed by atoms with Crippen LogP contribution >= 0.6 is 11.6 Å². The number of aromatic hydroxyl groups is 1. The van der Waals surface area contributed by atoms with Crippen molar-refractivity contribution >= 4 is 28.7 Å². The van der Waals surface area contributed by atoms with Crippen LogP contribution in [0.1, 0.15) is 31.9 Å². The van der Waals surface area contributed by atoms with E-state index in [1.54, 1.807) is 18.2 Å². The average Bonchev–Trinajstić information content (AvgIpc) is 2.47. The van der Waals surface area contributed by atoms with Gasteiger partial charge in [0.15, 0.2) is 5.69 Å². The van der Waals surface area contributed by atoms with E-state index < -0.39 is 10.3 Å². The number of aryl methyl sites for hydroxylation is 1. The number of benzene rings is 2. The zero-order valence-electron chi connectivity index (χ0n) is 13.9. The van der Waals surface area contributed by atoms with Crippen molar-refractivity contribution in [1.82, 2.24) is 0 Å². The Morgan fingerprint density at radius 1 is 1.12 bits per heavy atom. The summed E-state index contributed by atoms with van der Waals surface area (Å²) in [5.41, 5.74) is 0.927. The first-order valence-corrected chi connectivity index (χ1v) is 7.68. The van der Waals surface area contributed by atoms with Gasteiger partial charge in [0.25, 0.3) is 0 Å². The van der Waals surface area contributed by atoms with Crippen LogP contribution in [0.3, 0.4) is 0 Å². The molecule has 0 saturated heterocycles. The highest BCUT2D eigenvalue weighted by Crippen LogP contribution is 2.43. The molecule has 2 aromatic carbocycles. The molecule has 2 rings (SSSR count). The van der Waals surface area contributed by atoms with Crippen molar-refractivity contribution in [2.24, 2.45) is 10.2 Å². The zero-order chi connectivity index (χ0) is 18.1. The number of halogens is 1. The maximum atomic E-state index is 11.6. The molecule has 0 saturated carbocycles. The molecule has 0 amide bonds. The van der Waals surface area contributed by atoms with Gasteiger partial charge in [0.1, 0.15) is 11.4 Å². The topological polar surface area (TPSA) is 88.1 Å². The molecule has 0 aliphatic rings. The number of phenolic OH excluding ortho intramolecular Hbond substituents is 1. The lowest BCUT2D eigenvalue weighted by Gasteiger charge is -2.20. The third-order valence-corrected chi connectivity index (χ3v) is 3.75. The molecule has 126 valence electrons. The molecule has 2 aromatic rings. The smallest absolute Gasteiger partial charge is 0.301 e. The maximum Gasteiger partial charge on any atom is 0.301 e. The first kappa shape index (κ1) is 17.9. The van der Waals surface area contributed by atoms with Crippen molar-refractivity contribution in [3.63, 3.8) is 0 Å². The minimum atomic E-state index is -0.531. The Kier molecular flexibility index (Phi) is 4.89. The molecule has 0 radical (unpaired) electrons. The van der Waals surface area contributed by atoms with E-state index in [1.807, 2.05) is 27.7 Å². The Morgan fingerprint density at radius 2 is 1.75 bits per heavy atom. The Balaban J connectivity index is 2.61. The van der Waals surface area contributed by atoms with E-state index in [0.717, 1.165) is 5.56 Å². The Hall–Kier alpha value is -2.47. The van der Waals surface area contributed by atoms with Crippen LogP contribution in [0.4, 0.5) is 17.1 Å². The zero-order valence-corrected chi connectivity index (χ0v) is 14.6. The largest absolute Gasteiger partial charge is 0.506 e. The van der Waals surface area contributed by atoms with Gasteiger partial charge in [-0.3, -0.25) is 10.1 Å². The van der Waals surface area contributed by atoms with Crippen LogP contribution in [0.2, 0.25) is 5.02 Å². The van der Waals surface area contributed by atoms with Gasteiger partial charge in [-0.15, -0.1) is 10.2 Å². The first-order valence-electron chi connectivity index (χ1n) is 7.30. The Labute approximate surface area is 145 Å². The number of rotatable bonds is 3. The molecule has 24 heavy (non-hydrogen) atoms. The molecule has 0 spiro atoms. The van der Waals surface area contributed by atoms with E-state index >= 15 is 0 Å². The SMILES string of the molecule is Cc1ccc(O)c(N=Nc2ccc(Cl)c(C(C)(C)C)c2[N+](=O)[O-])c1. The normalized spacial score (nSPS) is 11.9.